The van der Waals surface area contributed by atoms with Gasteiger partial charge in [0.15, 0.2) is 11.5 Å². The van der Waals surface area contributed by atoms with Gasteiger partial charge in [0.05, 0.1) is 22.3 Å². The summed E-state index contributed by atoms with van der Waals surface area (Å²) in [5.74, 6) is 1.65. The summed E-state index contributed by atoms with van der Waals surface area (Å²) in [5, 5.41) is 13.0. The molecule has 2 aromatic heterocycles. The molecular formula is C20H23ClN6O2S. The zero-order valence-electron chi connectivity index (χ0n) is 16.9. The van der Waals surface area contributed by atoms with Crippen LogP contribution in [0.5, 0.6) is 0 Å². The number of rotatable bonds is 8. The van der Waals surface area contributed by atoms with Crippen LogP contribution in [-0.2, 0) is 0 Å². The second kappa shape index (κ2) is 8.31. The highest BCUT2D eigenvalue weighted by molar-refractivity contribution is 8.07. The molecular weight excluding hydrogens is 424 g/mol. The van der Waals surface area contributed by atoms with Crippen LogP contribution in [0.4, 0.5) is 17.5 Å². The molecule has 3 N–H and O–H groups in total. The van der Waals surface area contributed by atoms with Crippen molar-refractivity contribution in [1.82, 2.24) is 19.9 Å². The summed E-state index contributed by atoms with van der Waals surface area (Å²) in [7, 11) is 0. The average Bonchev–Trinajstić information content (AvgIpc) is 3.41. The Bertz CT molecular complexity index is 1080. The third-order valence-electron chi connectivity index (χ3n) is 5.14. The molecule has 0 spiro atoms. The maximum Gasteiger partial charge on any atom is 0.337 e. The van der Waals surface area contributed by atoms with Gasteiger partial charge in [-0.1, -0.05) is 32.4 Å². The predicted octanol–water partition coefficient (Wildman–Crippen LogP) is 4.76. The van der Waals surface area contributed by atoms with Gasteiger partial charge in [0.2, 0.25) is 5.95 Å². The number of anilines is 3. The number of H-pyrrole nitrogens is 1. The summed E-state index contributed by atoms with van der Waals surface area (Å²) in [4.78, 5) is 30.5. The highest BCUT2D eigenvalue weighted by atomic mass is 35.5. The number of nitrogens with one attached hydrogen (secondary N) is 2. The molecule has 1 aliphatic heterocycles. The smallest absolute Gasteiger partial charge is 0.337 e. The maximum absolute atomic E-state index is 11.2. The first-order valence-corrected chi connectivity index (χ1v) is 11.2. The van der Waals surface area contributed by atoms with E-state index < -0.39 is 5.97 Å². The van der Waals surface area contributed by atoms with Crippen LogP contribution in [0.15, 0.2) is 24.5 Å². The molecule has 2 atom stereocenters. The molecule has 4 rings (SSSR count). The van der Waals surface area contributed by atoms with Crippen molar-refractivity contribution in [2.75, 3.05) is 16.0 Å². The molecule has 1 fully saturated rings. The fourth-order valence-corrected chi connectivity index (χ4v) is 4.53. The van der Waals surface area contributed by atoms with Crippen molar-refractivity contribution in [3.8, 4) is 0 Å². The van der Waals surface area contributed by atoms with Crippen LogP contribution in [0.1, 0.15) is 37.6 Å². The van der Waals surface area contributed by atoms with Gasteiger partial charge in [-0.05, 0) is 30.5 Å². The van der Waals surface area contributed by atoms with Crippen LogP contribution < -0.4 is 10.2 Å². The first kappa shape index (κ1) is 20.7. The van der Waals surface area contributed by atoms with Gasteiger partial charge >= 0.3 is 5.97 Å². The minimum absolute atomic E-state index is 0.0527. The number of benzene rings is 1. The number of hydrogen-bond acceptors (Lipinski definition) is 7. The van der Waals surface area contributed by atoms with Crippen molar-refractivity contribution in [3.05, 3.63) is 35.1 Å². The number of carbonyl (C=O) groups is 1. The van der Waals surface area contributed by atoms with Gasteiger partial charge < -0.3 is 20.3 Å². The number of aromatic nitrogens is 4. The van der Waals surface area contributed by atoms with E-state index in [-0.39, 0.29) is 10.6 Å². The van der Waals surface area contributed by atoms with Gasteiger partial charge in [-0.3, -0.25) is 0 Å². The molecule has 10 heteroatoms. The van der Waals surface area contributed by atoms with Crippen LogP contribution in [0.25, 0.3) is 11.2 Å². The number of halogens is 1. The standard InChI is InChI=1S/C20H23ClN6O2S/c1-4-14(10(2)3)27(15-8-30-15)20-25-17-16(22-9-23-17)18(26-20)24-11-5-6-12(19(28)29)13(21)7-11/h5-7,9-10,14-15H,4,8H2,1-3H3,(H,28,29)(H2,22,23,24,25,26)/t14-,15?/m0/s1. The molecule has 158 valence electrons. The van der Waals surface area contributed by atoms with Gasteiger partial charge in [0.25, 0.3) is 0 Å². The Kier molecular flexibility index (Phi) is 5.75. The normalized spacial score (nSPS) is 16.6. The van der Waals surface area contributed by atoms with Gasteiger partial charge in [-0.15, -0.1) is 11.8 Å². The van der Waals surface area contributed by atoms with E-state index in [0.29, 0.717) is 46.0 Å². The van der Waals surface area contributed by atoms with Crippen LogP contribution in [0.2, 0.25) is 5.02 Å². The van der Waals surface area contributed by atoms with Crippen molar-refractivity contribution in [2.24, 2.45) is 5.92 Å². The number of fused-ring (bicyclic) bond motifs is 1. The van der Waals surface area contributed by atoms with E-state index in [1.54, 1.807) is 18.5 Å². The fraction of sp³-hybridized carbons (Fsp3) is 0.400. The third kappa shape index (κ3) is 4.04. The predicted molar refractivity (Wildman–Crippen MR) is 121 cm³/mol. The first-order chi connectivity index (χ1) is 14.4. The van der Waals surface area contributed by atoms with E-state index in [4.69, 9.17) is 21.6 Å². The van der Waals surface area contributed by atoms with Gasteiger partial charge in [0.1, 0.15) is 5.52 Å². The van der Waals surface area contributed by atoms with E-state index in [1.807, 2.05) is 11.8 Å². The molecule has 8 nitrogen and oxygen atoms in total. The molecule has 0 aliphatic carbocycles. The zero-order valence-corrected chi connectivity index (χ0v) is 18.5. The largest absolute Gasteiger partial charge is 0.478 e. The van der Waals surface area contributed by atoms with E-state index in [0.717, 1.165) is 12.2 Å². The Labute approximate surface area is 183 Å². The summed E-state index contributed by atoms with van der Waals surface area (Å²) >= 11 is 8.01. The van der Waals surface area contributed by atoms with Crippen LogP contribution in [0, 0.1) is 5.92 Å². The number of imidazole rings is 1. The van der Waals surface area contributed by atoms with Crippen molar-refractivity contribution in [1.29, 1.82) is 0 Å². The number of aromatic amines is 1. The van der Waals surface area contributed by atoms with E-state index >= 15 is 0 Å². The lowest BCUT2D eigenvalue weighted by atomic mass is 10.0. The average molecular weight is 447 g/mol. The minimum atomic E-state index is -1.07. The molecule has 0 bridgehead atoms. The molecule has 1 unspecified atom stereocenters. The summed E-state index contributed by atoms with van der Waals surface area (Å²) in [5.41, 5.74) is 1.94. The molecule has 3 aromatic rings. The van der Waals surface area contributed by atoms with E-state index in [2.05, 4.69) is 41.0 Å². The minimum Gasteiger partial charge on any atom is -0.478 e. The summed E-state index contributed by atoms with van der Waals surface area (Å²) < 4.78 is 0. The Morgan fingerprint density at radius 1 is 1.43 bits per heavy atom. The van der Waals surface area contributed by atoms with Crippen LogP contribution in [-0.4, -0.2) is 48.2 Å². The highest BCUT2D eigenvalue weighted by Crippen LogP contribution is 2.40. The van der Waals surface area contributed by atoms with Crippen molar-refractivity contribution < 1.29 is 9.90 Å². The van der Waals surface area contributed by atoms with Crippen LogP contribution >= 0.6 is 23.4 Å². The number of aromatic carboxylic acids is 1. The lowest BCUT2D eigenvalue weighted by Crippen LogP contribution is -2.41. The number of nitrogens with zero attached hydrogens (tertiary/aromatic N) is 4. The molecule has 0 radical (unpaired) electrons. The fourth-order valence-electron chi connectivity index (χ4n) is 3.61. The Balaban J connectivity index is 1.74. The quantitative estimate of drug-likeness (QED) is 0.425. The summed E-state index contributed by atoms with van der Waals surface area (Å²) in [6, 6.07) is 5.03. The molecule has 30 heavy (non-hydrogen) atoms. The topological polar surface area (TPSA) is 107 Å². The summed E-state index contributed by atoms with van der Waals surface area (Å²) in [6.45, 7) is 6.61. The lowest BCUT2D eigenvalue weighted by Gasteiger charge is -2.33. The third-order valence-corrected chi connectivity index (χ3v) is 6.31. The zero-order chi connectivity index (χ0) is 21.4. The number of carboxylic acids is 1. The molecule has 3 heterocycles. The Morgan fingerprint density at radius 3 is 2.80 bits per heavy atom. The number of thioether (sulfide) groups is 1. The second-order valence-electron chi connectivity index (χ2n) is 7.51. The molecule has 0 saturated carbocycles. The van der Waals surface area contributed by atoms with Gasteiger partial charge in [-0.2, -0.15) is 9.97 Å². The SMILES string of the molecule is CC[C@@H](C(C)C)N(c1nc(Nc2ccc(C(=O)O)c(Cl)c2)c2[nH]cnc2n1)C1CS1. The molecule has 1 aliphatic rings. The van der Waals surface area contributed by atoms with E-state index in [1.165, 1.54) is 6.07 Å². The lowest BCUT2D eigenvalue weighted by molar-refractivity contribution is 0.0697. The van der Waals surface area contributed by atoms with Gasteiger partial charge in [-0.25, -0.2) is 9.78 Å². The van der Waals surface area contributed by atoms with Crippen molar-refractivity contribution in [3.63, 3.8) is 0 Å². The van der Waals surface area contributed by atoms with Crippen molar-refractivity contribution in [2.45, 2.75) is 38.6 Å². The van der Waals surface area contributed by atoms with E-state index in [9.17, 15) is 9.90 Å². The number of carboxylic acid groups (broad SMARTS) is 1. The first-order valence-electron chi connectivity index (χ1n) is 9.80. The van der Waals surface area contributed by atoms with Gasteiger partial charge in [0, 0.05) is 17.5 Å². The Hall–Kier alpha value is -2.52. The number of hydrogen-bond donors (Lipinski definition) is 3. The second-order valence-corrected chi connectivity index (χ2v) is 9.13. The molecule has 1 aromatic carbocycles. The highest BCUT2D eigenvalue weighted by Gasteiger charge is 2.37. The van der Waals surface area contributed by atoms with Crippen molar-refractivity contribution >= 4 is 57.9 Å². The van der Waals surface area contributed by atoms with Crippen LogP contribution in [0.3, 0.4) is 0 Å². The molecule has 1 saturated heterocycles. The maximum atomic E-state index is 11.2. The summed E-state index contributed by atoms with van der Waals surface area (Å²) in [6.07, 6.45) is 2.58. The Morgan fingerprint density at radius 2 is 2.20 bits per heavy atom. The monoisotopic (exact) mass is 446 g/mol. The molecule has 0 amide bonds.